The smallest absolute Gasteiger partial charge is 0.354 e. The predicted molar refractivity (Wildman–Crippen MR) is 93.8 cm³/mol. The third-order valence-corrected chi connectivity index (χ3v) is 4.57. The molecule has 9 nitrogen and oxygen atoms in total. The van der Waals surface area contributed by atoms with Gasteiger partial charge in [-0.25, -0.2) is 9.78 Å². The van der Waals surface area contributed by atoms with Gasteiger partial charge in [-0.1, -0.05) is 0 Å². The molecule has 0 aliphatic carbocycles. The van der Waals surface area contributed by atoms with Crippen LogP contribution >= 0.6 is 0 Å². The van der Waals surface area contributed by atoms with Crippen molar-refractivity contribution in [2.24, 2.45) is 15.2 Å². The minimum Gasteiger partial charge on any atom is -0.461 e. The molecule has 4 unspecified atom stereocenters. The summed E-state index contributed by atoms with van der Waals surface area (Å²) in [6, 6.07) is -0.926. The van der Waals surface area contributed by atoms with Gasteiger partial charge in [-0.15, -0.1) is 0 Å². The van der Waals surface area contributed by atoms with E-state index in [4.69, 9.17) is 4.74 Å². The minimum atomic E-state index is -0.544. The number of carbonyl (C=O) groups excluding carboxylic acids is 2. The monoisotopic (exact) mass is 360 g/mol. The molecule has 0 bridgehead atoms. The van der Waals surface area contributed by atoms with Gasteiger partial charge in [-0.3, -0.25) is 9.79 Å². The summed E-state index contributed by atoms with van der Waals surface area (Å²) in [5.74, 6) is -0.691. The van der Waals surface area contributed by atoms with Crippen LogP contribution in [0.1, 0.15) is 45.7 Å². The molecular formula is C17H24N6O3. The van der Waals surface area contributed by atoms with Crippen LogP contribution in [-0.2, 0) is 14.3 Å². The number of aliphatic imine (C=N–C) groups is 1. The minimum absolute atomic E-state index is 0.0489. The topological polar surface area (TPSA) is 110 Å². The summed E-state index contributed by atoms with van der Waals surface area (Å²) in [5.41, 5.74) is 0.294. The Kier molecular flexibility index (Phi) is 5.75. The van der Waals surface area contributed by atoms with E-state index in [0.717, 1.165) is 6.42 Å². The van der Waals surface area contributed by atoms with E-state index in [0.29, 0.717) is 25.0 Å². The molecule has 9 heteroatoms. The van der Waals surface area contributed by atoms with Crippen LogP contribution in [0.15, 0.2) is 33.9 Å². The molecular weight excluding hydrogens is 336 g/mol. The van der Waals surface area contributed by atoms with Crippen LogP contribution in [0, 0.1) is 0 Å². The number of esters is 1. The molecule has 0 spiro atoms. The number of nitrogens with one attached hydrogen (secondary N) is 1. The van der Waals surface area contributed by atoms with Crippen molar-refractivity contribution in [3.8, 4) is 0 Å². The number of hydrogen-bond acceptors (Lipinski definition) is 7. The van der Waals surface area contributed by atoms with Gasteiger partial charge in [0.2, 0.25) is 5.91 Å². The van der Waals surface area contributed by atoms with E-state index < -0.39 is 18.1 Å². The predicted octanol–water partition coefficient (Wildman–Crippen LogP) is 1.67. The van der Waals surface area contributed by atoms with E-state index in [9.17, 15) is 9.59 Å². The molecule has 4 atom stereocenters. The molecule has 2 aliphatic rings. The largest absolute Gasteiger partial charge is 0.461 e. The van der Waals surface area contributed by atoms with Crippen LogP contribution < -0.4 is 5.32 Å². The Morgan fingerprint density at radius 1 is 1.27 bits per heavy atom. The molecule has 0 fully saturated rings. The number of aromatic nitrogens is 2. The average Bonchev–Trinajstić information content (AvgIpc) is 3.18. The van der Waals surface area contributed by atoms with E-state index in [1.165, 1.54) is 0 Å². The fourth-order valence-corrected chi connectivity index (χ4v) is 3.16. The van der Waals surface area contributed by atoms with Gasteiger partial charge in [-0.05, 0) is 39.5 Å². The lowest BCUT2D eigenvalue weighted by Gasteiger charge is -2.28. The number of amides is 1. The summed E-state index contributed by atoms with van der Waals surface area (Å²) in [5, 5.41) is 11.3. The Labute approximate surface area is 151 Å². The molecule has 1 aromatic heterocycles. The fourth-order valence-electron chi connectivity index (χ4n) is 3.16. The molecule has 26 heavy (non-hydrogen) atoms. The van der Waals surface area contributed by atoms with Crippen molar-refractivity contribution < 1.29 is 14.3 Å². The normalized spacial score (nSPS) is 28.3. The summed E-state index contributed by atoms with van der Waals surface area (Å²) in [7, 11) is 0. The molecule has 0 radical (unpaired) electrons. The molecule has 0 aromatic carbocycles. The van der Waals surface area contributed by atoms with Gasteiger partial charge in [0, 0.05) is 18.4 Å². The van der Waals surface area contributed by atoms with Gasteiger partial charge in [0.1, 0.15) is 17.9 Å². The summed E-state index contributed by atoms with van der Waals surface area (Å²) in [6.45, 7) is 3.97. The van der Waals surface area contributed by atoms with Crippen LogP contribution in [0.3, 0.4) is 0 Å². The third kappa shape index (κ3) is 4.14. The van der Waals surface area contributed by atoms with Crippen molar-refractivity contribution in [3.05, 3.63) is 18.7 Å². The van der Waals surface area contributed by atoms with Gasteiger partial charge < -0.3 is 14.6 Å². The number of rotatable bonds is 5. The third-order valence-electron chi connectivity index (χ3n) is 4.57. The van der Waals surface area contributed by atoms with E-state index >= 15 is 0 Å². The molecule has 1 aromatic rings. The standard InChI is InChI=1S/C17H24N6O3/c1-3-26-17(25)15-12(5-4-11(2)19-15)20-16(24)13-6-7-14(22-21-13)23-9-8-18-10-23/h8-14H,3-7H2,1-2H3,(H,20,24). The number of hydrogen-bond donors (Lipinski definition) is 1. The first kappa shape index (κ1) is 18.2. The summed E-state index contributed by atoms with van der Waals surface area (Å²) >= 11 is 0. The van der Waals surface area contributed by atoms with Gasteiger partial charge >= 0.3 is 5.97 Å². The van der Waals surface area contributed by atoms with Crippen LogP contribution in [0.4, 0.5) is 0 Å². The van der Waals surface area contributed by atoms with Crippen LogP contribution in [0.2, 0.25) is 0 Å². The highest BCUT2D eigenvalue weighted by Crippen LogP contribution is 2.24. The quantitative estimate of drug-likeness (QED) is 0.805. The van der Waals surface area contributed by atoms with Crippen molar-refractivity contribution in [1.29, 1.82) is 0 Å². The zero-order valence-electron chi connectivity index (χ0n) is 15.0. The maximum Gasteiger partial charge on any atom is 0.354 e. The van der Waals surface area contributed by atoms with E-state index in [-0.39, 0.29) is 24.7 Å². The summed E-state index contributed by atoms with van der Waals surface area (Å²) < 4.78 is 6.94. The molecule has 0 saturated heterocycles. The Hall–Kier alpha value is -2.58. The fraction of sp³-hybridized carbons (Fsp3) is 0.647. The van der Waals surface area contributed by atoms with E-state index in [1.54, 1.807) is 19.4 Å². The maximum absolute atomic E-state index is 12.6. The molecule has 140 valence electrons. The molecule has 1 amide bonds. The van der Waals surface area contributed by atoms with Crippen molar-refractivity contribution >= 4 is 17.6 Å². The Morgan fingerprint density at radius 2 is 2.12 bits per heavy atom. The van der Waals surface area contributed by atoms with Crippen LogP contribution in [0.5, 0.6) is 0 Å². The summed E-state index contributed by atoms with van der Waals surface area (Å²) in [4.78, 5) is 33.1. The number of azo groups is 1. The lowest BCUT2D eigenvalue weighted by atomic mass is 9.97. The van der Waals surface area contributed by atoms with Crippen molar-refractivity contribution in [1.82, 2.24) is 14.9 Å². The zero-order chi connectivity index (χ0) is 18.5. The van der Waals surface area contributed by atoms with Crippen molar-refractivity contribution in [3.63, 3.8) is 0 Å². The van der Waals surface area contributed by atoms with Crippen LogP contribution in [-0.4, -0.2) is 51.9 Å². The van der Waals surface area contributed by atoms with Crippen molar-refractivity contribution in [2.45, 2.75) is 63.8 Å². The first-order valence-electron chi connectivity index (χ1n) is 9.01. The van der Waals surface area contributed by atoms with Gasteiger partial charge in [0.15, 0.2) is 0 Å². The number of ether oxygens (including phenoxy) is 1. The molecule has 1 N–H and O–H groups in total. The lowest BCUT2D eigenvalue weighted by Crippen LogP contribution is -2.50. The van der Waals surface area contributed by atoms with Gasteiger partial charge in [0.05, 0.1) is 19.0 Å². The first-order valence-corrected chi connectivity index (χ1v) is 9.01. The Balaban J connectivity index is 1.63. The Bertz CT molecular complexity index is 699. The van der Waals surface area contributed by atoms with Crippen LogP contribution in [0.25, 0.3) is 0 Å². The SMILES string of the molecule is CCOC(=O)C1=NC(C)CCC1NC(=O)C1CCC(n2ccnc2)N=N1. The number of imidazole rings is 1. The average molecular weight is 360 g/mol. The second-order valence-electron chi connectivity index (χ2n) is 6.54. The second-order valence-corrected chi connectivity index (χ2v) is 6.54. The Morgan fingerprint density at radius 3 is 2.77 bits per heavy atom. The molecule has 3 rings (SSSR count). The molecule has 2 aliphatic heterocycles. The maximum atomic E-state index is 12.6. The van der Waals surface area contributed by atoms with Gasteiger partial charge in [-0.2, -0.15) is 10.2 Å². The van der Waals surface area contributed by atoms with Gasteiger partial charge in [0.25, 0.3) is 0 Å². The first-order chi connectivity index (χ1) is 12.6. The number of carbonyl (C=O) groups is 2. The second kappa shape index (κ2) is 8.20. The zero-order valence-corrected chi connectivity index (χ0v) is 15.0. The lowest BCUT2D eigenvalue weighted by molar-refractivity contribution is -0.135. The van der Waals surface area contributed by atoms with Crippen molar-refractivity contribution in [2.75, 3.05) is 6.61 Å². The highest BCUT2D eigenvalue weighted by molar-refractivity contribution is 6.39. The van der Waals surface area contributed by atoms with E-state index in [2.05, 4.69) is 25.5 Å². The molecule has 0 saturated carbocycles. The van der Waals surface area contributed by atoms with E-state index in [1.807, 2.05) is 17.7 Å². The number of nitrogens with zero attached hydrogens (tertiary/aromatic N) is 5. The highest BCUT2D eigenvalue weighted by Gasteiger charge is 2.33. The highest BCUT2D eigenvalue weighted by atomic mass is 16.5. The molecule has 3 heterocycles. The summed E-state index contributed by atoms with van der Waals surface area (Å²) in [6.07, 6.45) is 7.86.